The van der Waals surface area contributed by atoms with Gasteiger partial charge in [0.25, 0.3) is 11.5 Å². The number of urea groups is 1. The van der Waals surface area contributed by atoms with Gasteiger partial charge in [0.1, 0.15) is 0 Å². The molecule has 0 aliphatic heterocycles. The summed E-state index contributed by atoms with van der Waals surface area (Å²) in [5.41, 5.74) is 1.20. The molecule has 7 heteroatoms. The first-order valence-corrected chi connectivity index (χ1v) is 6.56. The number of amides is 3. The van der Waals surface area contributed by atoms with Crippen LogP contribution in [0, 0.1) is 0 Å². The van der Waals surface area contributed by atoms with Gasteiger partial charge in [-0.2, -0.15) is 0 Å². The second-order valence-corrected chi connectivity index (χ2v) is 4.60. The molecule has 0 unspecified atom stereocenters. The molecular weight excluding hydrogens is 284 g/mol. The van der Waals surface area contributed by atoms with E-state index < -0.39 is 0 Å². The maximum absolute atomic E-state index is 12.0. The molecule has 3 amide bonds. The van der Waals surface area contributed by atoms with Crippen LogP contribution in [0.3, 0.4) is 0 Å². The number of nitrogens with zero attached hydrogens (tertiary/aromatic N) is 1. The molecular formula is C15H16N4O3. The highest BCUT2D eigenvalue weighted by Crippen LogP contribution is 2.14. The lowest BCUT2D eigenvalue weighted by Gasteiger charge is -2.08. The van der Waals surface area contributed by atoms with E-state index >= 15 is 0 Å². The first kappa shape index (κ1) is 15.3. The Bertz CT molecular complexity index is 750. The Hall–Kier alpha value is -3.09. The minimum absolute atomic E-state index is 0.252. The van der Waals surface area contributed by atoms with E-state index in [4.69, 9.17) is 0 Å². The zero-order chi connectivity index (χ0) is 16.1. The number of anilines is 2. The fourth-order valence-electron chi connectivity index (χ4n) is 1.72. The smallest absolute Gasteiger partial charge is 0.318 e. The van der Waals surface area contributed by atoms with Crippen LogP contribution in [-0.2, 0) is 7.05 Å². The van der Waals surface area contributed by atoms with Gasteiger partial charge < -0.3 is 20.5 Å². The monoisotopic (exact) mass is 300 g/mol. The predicted octanol–water partition coefficient (Wildman–Crippen LogP) is 1.39. The molecule has 22 heavy (non-hydrogen) atoms. The Morgan fingerprint density at radius 1 is 1.00 bits per heavy atom. The number of aryl methyl sites for hydroxylation is 1. The lowest BCUT2D eigenvalue weighted by molar-refractivity contribution is 0.102. The standard InChI is InChI=1S/C15H16N4O3/c1-16-15(22)18-12-5-3-11(4-6-12)17-14(21)10-7-8-19(2)13(20)9-10/h3-9H,1-2H3,(H,17,21)(H2,16,18,22). The molecule has 2 aromatic rings. The van der Waals surface area contributed by atoms with E-state index in [0.29, 0.717) is 11.4 Å². The summed E-state index contributed by atoms with van der Waals surface area (Å²) in [5.74, 6) is -0.371. The zero-order valence-electron chi connectivity index (χ0n) is 12.2. The number of nitrogens with one attached hydrogen (secondary N) is 3. The fraction of sp³-hybridized carbons (Fsp3) is 0.133. The molecule has 2 rings (SSSR count). The molecule has 3 N–H and O–H groups in total. The number of aromatic nitrogens is 1. The van der Waals surface area contributed by atoms with Crippen LogP contribution in [0.15, 0.2) is 47.4 Å². The Kier molecular flexibility index (Phi) is 4.57. The Balaban J connectivity index is 2.06. The summed E-state index contributed by atoms with van der Waals surface area (Å²) in [7, 11) is 3.14. The number of benzene rings is 1. The topological polar surface area (TPSA) is 92.2 Å². The van der Waals surface area contributed by atoms with Gasteiger partial charge in [-0.3, -0.25) is 9.59 Å². The fourth-order valence-corrected chi connectivity index (χ4v) is 1.72. The van der Waals surface area contributed by atoms with Crippen molar-refractivity contribution in [3.8, 4) is 0 Å². The van der Waals surface area contributed by atoms with Gasteiger partial charge in [0.05, 0.1) is 0 Å². The summed E-state index contributed by atoms with van der Waals surface area (Å²) in [6.07, 6.45) is 1.54. The second-order valence-electron chi connectivity index (χ2n) is 4.60. The predicted molar refractivity (Wildman–Crippen MR) is 84.2 cm³/mol. The Morgan fingerprint density at radius 2 is 1.59 bits per heavy atom. The summed E-state index contributed by atoms with van der Waals surface area (Å²) in [5, 5.41) is 7.73. The van der Waals surface area contributed by atoms with Crippen LogP contribution >= 0.6 is 0 Å². The van der Waals surface area contributed by atoms with Gasteiger partial charge in [-0.05, 0) is 30.3 Å². The minimum Gasteiger partial charge on any atom is -0.341 e. The van der Waals surface area contributed by atoms with Crippen molar-refractivity contribution in [2.75, 3.05) is 17.7 Å². The molecule has 1 heterocycles. The lowest BCUT2D eigenvalue weighted by Crippen LogP contribution is -2.24. The third-order valence-electron chi connectivity index (χ3n) is 2.99. The Morgan fingerprint density at radius 3 is 2.14 bits per heavy atom. The molecule has 7 nitrogen and oxygen atoms in total. The molecule has 0 fully saturated rings. The number of carbonyl (C=O) groups excluding carboxylic acids is 2. The van der Waals surface area contributed by atoms with E-state index in [1.807, 2.05) is 0 Å². The highest BCUT2D eigenvalue weighted by Gasteiger charge is 2.07. The van der Waals surface area contributed by atoms with Crippen LogP contribution < -0.4 is 21.5 Å². The molecule has 0 radical (unpaired) electrons. The van der Waals surface area contributed by atoms with Gasteiger partial charge in [0.15, 0.2) is 0 Å². The van der Waals surface area contributed by atoms with Crippen LogP contribution in [0.25, 0.3) is 0 Å². The van der Waals surface area contributed by atoms with Crippen LogP contribution in [0.5, 0.6) is 0 Å². The third-order valence-corrected chi connectivity index (χ3v) is 2.99. The number of carbonyl (C=O) groups is 2. The van der Waals surface area contributed by atoms with Crippen LogP contribution in [0.2, 0.25) is 0 Å². The summed E-state index contributed by atoms with van der Waals surface area (Å²) in [4.78, 5) is 34.7. The molecule has 0 bridgehead atoms. The van der Waals surface area contributed by atoms with Crippen molar-refractivity contribution in [3.63, 3.8) is 0 Å². The van der Waals surface area contributed by atoms with E-state index in [0.717, 1.165) is 0 Å². The first-order chi connectivity index (χ1) is 10.5. The van der Waals surface area contributed by atoms with E-state index in [9.17, 15) is 14.4 Å². The molecule has 0 spiro atoms. The maximum Gasteiger partial charge on any atom is 0.318 e. The van der Waals surface area contributed by atoms with E-state index in [-0.39, 0.29) is 23.1 Å². The number of rotatable bonds is 3. The molecule has 0 aliphatic rings. The van der Waals surface area contributed by atoms with Gasteiger partial charge in [-0.15, -0.1) is 0 Å². The number of hydrogen-bond donors (Lipinski definition) is 3. The average Bonchev–Trinajstić information content (AvgIpc) is 2.51. The van der Waals surface area contributed by atoms with Crippen molar-refractivity contribution in [3.05, 3.63) is 58.5 Å². The highest BCUT2D eigenvalue weighted by molar-refractivity contribution is 6.04. The molecule has 0 aliphatic carbocycles. The quantitative estimate of drug-likeness (QED) is 0.799. The van der Waals surface area contributed by atoms with Gasteiger partial charge in [0.2, 0.25) is 0 Å². The summed E-state index contributed by atoms with van der Waals surface area (Å²) in [6.45, 7) is 0. The zero-order valence-corrected chi connectivity index (χ0v) is 12.2. The molecule has 0 saturated heterocycles. The number of hydrogen-bond acceptors (Lipinski definition) is 3. The van der Waals surface area contributed by atoms with Crippen molar-refractivity contribution in [2.45, 2.75) is 0 Å². The average molecular weight is 300 g/mol. The SMILES string of the molecule is CNC(=O)Nc1ccc(NC(=O)c2ccn(C)c(=O)c2)cc1. The maximum atomic E-state index is 12.0. The summed E-state index contributed by atoms with van der Waals surface area (Å²) >= 11 is 0. The first-order valence-electron chi connectivity index (χ1n) is 6.56. The normalized spacial score (nSPS) is 9.91. The van der Waals surface area contributed by atoms with Gasteiger partial charge >= 0.3 is 6.03 Å². The summed E-state index contributed by atoms with van der Waals surface area (Å²) in [6, 6.07) is 9.16. The molecule has 1 aromatic heterocycles. The van der Waals surface area contributed by atoms with Crippen molar-refractivity contribution >= 4 is 23.3 Å². The van der Waals surface area contributed by atoms with E-state index in [2.05, 4.69) is 16.0 Å². The van der Waals surface area contributed by atoms with Crippen molar-refractivity contribution in [2.24, 2.45) is 7.05 Å². The van der Waals surface area contributed by atoms with Gasteiger partial charge in [-0.25, -0.2) is 4.79 Å². The van der Waals surface area contributed by atoms with Gasteiger partial charge in [0, 0.05) is 43.3 Å². The molecule has 0 atom stereocenters. The van der Waals surface area contributed by atoms with Crippen LogP contribution in [0.1, 0.15) is 10.4 Å². The lowest BCUT2D eigenvalue weighted by atomic mass is 10.2. The second kappa shape index (κ2) is 6.57. The molecule has 0 saturated carbocycles. The Labute approximate surface area is 127 Å². The van der Waals surface area contributed by atoms with E-state index in [1.165, 1.54) is 23.9 Å². The van der Waals surface area contributed by atoms with E-state index in [1.54, 1.807) is 37.4 Å². The summed E-state index contributed by atoms with van der Waals surface area (Å²) < 4.78 is 1.38. The largest absolute Gasteiger partial charge is 0.341 e. The molecule has 114 valence electrons. The highest BCUT2D eigenvalue weighted by atomic mass is 16.2. The third kappa shape index (κ3) is 3.72. The minimum atomic E-state index is -0.371. The van der Waals surface area contributed by atoms with Crippen molar-refractivity contribution in [1.82, 2.24) is 9.88 Å². The van der Waals surface area contributed by atoms with Crippen LogP contribution in [-0.4, -0.2) is 23.6 Å². The van der Waals surface area contributed by atoms with Crippen LogP contribution in [0.4, 0.5) is 16.2 Å². The van der Waals surface area contributed by atoms with Crippen molar-refractivity contribution < 1.29 is 9.59 Å². The number of pyridine rings is 1. The van der Waals surface area contributed by atoms with Crippen molar-refractivity contribution in [1.29, 1.82) is 0 Å². The molecule has 1 aromatic carbocycles. The van der Waals surface area contributed by atoms with Gasteiger partial charge in [-0.1, -0.05) is 0 Å².